The van der Waals surface area contributed by atoms with Crippen LogP contribution in [0.2, 0.25) is 0 Å². The lowest BCUT2D eigenvalue weighted by Gasteiger charge is -2.35. The molecule has 0 atom stereocenters. The van der Waals surface area contributed by atoms with Crippen LogP contribution >= 0.6 is 0 Å². The summed E-state index contributed by atoms with van der Waals surface area (Å²) in [5.41, 5.74) is 5.22. The zero-order chi connectivity index (χ0) is 20.6. The van der Waals surface area contributed by atoms with E-state index in [2.05, 4.69) is 74.4 Å². The Labute approximate surface area is 166 Å². The van der Waals surface area contributed by atoms with Gasteiger partial charge in [0.25, 0.3) is 0 Å². The highest BCUT2D eigenvalue weighted by molar-refractivity contribution is 5.64. The van der Waals surface area contributed by atoms with E-state index in [1.165, 1.54) is 10.6 Å². The minimum absolute atomic E-state index is 0.0334. The van der Waals surface area contributed by atoms with Gasteiger partial charge in [0.05, 0.1) is 12.2 Å². The van der Waals surface area contributed by atoms with Crippen molar-refractivity contribution in [3.8, 4) is 0 Å². The minimum atomic E-state index is -0.115. The van der Waals surface area contributed by atoms with Crippen molar-refractivity contribution in [2.75, 3.05) is 5.06 Å². The van der Waals surface area contributed by atoms with E-state index >= 15 is 0 Å². The Morgan fingerprint density at radius 3 is 1.52 bits per heavy atom. The molecule has 0 N–H and O–H groups in total. The van der Waals surface area contributed by atoms with Crippen molar-refractivity contribution < 1.29 is 5.21 Å². The molecule has 1 radical (unpaired) electrons. The van der Waals surface area contributed by atoms with Crippen LogP contribution in [0, 0.1) is 0 Å². The van der Waals surface area contributed by atoms with Gasteiger partial charge in [-0.2, -0.15) is 0 Å². The van der Waals surface area contributed by atoms with Crippen LogP contribution in [-0.2, 0) is 28.0 Å². The predicted octanol–water partition coefficient (Wildman–Crippen LogP) is 6.93. The monoisotopic (exact) mass is 366 g/mol. The molecule has 0 fully saturated rings. The van der Waals surface area contributed by atoms with Crippen molar-refractivity contribution in [1.29, 1.82) is 0 Å². The Morgan fingerprint density at radius 1 is 0.704 bits per heavy atom. The molecule has 0 amide bonds. The molecule has 27 heavy (non-hydrogen) atoms. The van der Waals surface area contributed by atoms with Gasteiger partial charge in [0.2, 0.25) is 0 Å². The van der Waals surface area contributed by atoms with Crippen molar-refractivity contribution in [3.05, 3.63) is 64.7 Å². The van der Waals surface area contributed by atoms with Gasteiger partial charge >= 0.3 is 0 Å². The van der Waals surface area contributed by atoms with Crippen molar-refractivity contribution in [3.63, 3.8) is 0 Å². The van der Waals surface area contributed by atoms with Crippen molar-refractivity contribution in [1.82, 2.24) is 0 Å². The highest BCUT2D eigenvalue weighted by atomic mass is 16.5. The molecule has 2 nitrogen and oxygen atoms in total. The number of nitrogens with zero attached hydrogens (tertiary/aromatic N) is 1. The quantitative estimate of drug-likeness (QED) is 0.540. The molecule has 147 valence electrons. The Kier molecular flexibility index (Phi) is 5.82. The molecule has 0 spiro atoms. The number of hydroxylamine groups is 1. The fourth-order valence-corrected chi connectivity index (χ4v) is 3.31. The number of anilines is 1. The molecule has 2 aromatic carbocycles. The fourth-order valence-electron chi connectivity index (χ4n) is 3.31. The van der Waals surface area contributed by atoms with E-state index in [9.17, 15) is 5.21 Å². The molecular formula is C25H36NO. The van der Waals surface area contributed by atoms with Crippen LogP contribution in [0.25, 0.3) is 0 Å². The van der Waals surface area contributed by atoms with Crippen LogP contribution in [0.15, 0.2) is 42.5 Å². The summed E-state index contributed by atoms with van der Waals surface area (Å²) >= 11 is 0. The van der Waals surface area contributed by atoms with E-state index in [4.69, 9.17) is 0 Å². The predicted molar refractivity (Wildman–Crippen MR) is 116 cm³/mol. The first-order valence-electron chi connectivity index (χ1n) is 9.89. The zero-order valence-electron chi connectivity index (χ0n) is 18.6. The van der Waals surface area contributed by atoms with E-state index in [0.717, 1.165) is 22.4 Å². The number of hydrogen-bond donors (Lipinski definition) is 0. The second-order valence-corrected chi connectivity index (χ2v) is 10.7. The lowest BCUT2D eigenvalue weighted by atomic mass is 9.74. The average molecular weight is 367 g/mol. The molecule has 0 aliphatic rings. The van der Waals surface area contributed by atoms with Crippen LogP contribution in [-0.4, -0.2) is 0 Å². The summed E-state index contributed by atoms with van der Waals surface area (Å²) in [7, 11) is 0. The molecule has 0 saturated heterocycles. The largest absolute Gasteiger partial charge is 0.215 e. The lowest BCUT2D eigenvalue weighted by Crippen LogP contribution is -2.28. The van der Waals surface area contributed by atoms with Gasteiger partial charge in [0.1, 0.15) is 0 Å². The lowest BCUT2D eigenvalue weighted by molar-refractivity contribution is 0.151. The maximum atomic E-state index is 13.4. The first-order chi connectivity index (χ1) is 12.2. The van der Waals surface area contributed by atoms with Gasteiger partial charge in [0, 0.05) is 0 Å². The van der Waals surface area contributed by atoms with E-state index in [-0.39, 0.29) is 16.2 Å². The minimum Gasteiger partial charge on any atom is -0.215 e. The Balaban J connectivity index is 2.72. The van der Waals surface area contributed by atoms with Gasteiger partial charge in [-0.1, -0.05) is 110 Å². The summed E-state index contributed by atoms with van der Waals surface area (Å²) in [5, 5.41) is 14.6. The Morgan fingerprint density at radius 2 is 1.15 bits per heavy atom. The van der Waals surface area contributed by atoms with Gasteiger partial charge in [-0.25, -0.2) is 5.06 Å². The summed E-state index contributed by atoms with van der Waals surface area (Å²) in [5.74, 6) is 0. The topological polar surface area (TPSA) is 23.1 Å². The second-order valence-electron chi connectivity index (χ2n) is 10.7. The smallest absolute Gasteiger partial charge is 0.0746 e. The number of benzene rings is 2. The first-order valence-corrected chi connectivity index (χ1v) is 9.89. The molecule has 2 heteroatoms. The molecule has 2 rings (SSSR count). The van der Waals surface area contributed by atoms with Gasteiger partial charge in [-0.15, -0.1) is 0 Å². The Bertz CT molecular complexity index is 736. The molecule has 0 aromatic heterocycles. The maximum absolute atomic E-state index is 13.4. The zero-order valence-corrected chi connectivity index (χ0v) is 18.6. The molecule has 0 saturated carbocycles. The van der Waals surface area contributed by atoms with Crippen LogP contribution < -0.4 is 5.06 Å². The van der Waals surface area contributed by atoms with E-state index in [1.807, 2.05) is 30.3 Å². The van der Waals surface area contributed by atoms with Crippen molar-refractivity contribution in [2.45, 2.75) is 85.1 Å². The summed E-state index contributed by atoms with van der Waals surface area (Å²) in [6.45, 7) is 20.2. The highest BCUT2D eigenvalue weighted by Gasteiger charge is 2.31. The van der Waals surface area contributed by atoms with Crippen LogP contribution in [0.5, 0.6) is 0 Å². The molecule has 2 aromatic rings. The Hall–Kier alpha value is -1.80. The third-order valence-electron chi connectivity index (χ3n) is 5.01. The van der Waals surface area contributed by atoms with Gasteiger partial charge < -0.3 is 0 Å². The highest BCUT2D eigenvalue weighted by Crippen LogP contribution is 2.43. The third kappa shape index (κ3) is 5.13. The molecule has 0 heterocycles. The summed E-state index contributed by atoms with van der Waals surface area (Å²) in [6.07, 6.45) is 0. The maximum Gasteiger partial charge on any atom is 0.0746 e. The molecular weight excluding hydrogens is 330 g/mol. The fraction of sp³-hybridized carbons (Fsp3) is 0.520. The van der Waals surface area contributed by atoms with Crippen LogP contribution in [0.4, 0.5) is 5.69 Å². The van der Waals surface area contributed by atoms with E-state index < -0.39 is 0 Å². The normalized spacial score (nSPS) is 13.0. The molecule has 0 aliphatic carbocycles. The van der Waals surface area contributed by atoms with Gasteiger partial charge in [-0.3, -0.25) is 0 Å². The van der Waals surface area contributed by atoms with Gasteiger partial charge in [-0.05, 0) is 38.5 Å². The molecule has 0 bridgehead atoms. The summed E-state index contributed by atoms with van der Waals surface area (Å²) in [6, 6.07) is 14.5. The number of hydrogen-bond acceptors (Lipinski definition) is 1. The number of rotatable bonds is 3. The van der Waals surface area contributed by atoms with Crippen molar-refractivity contribution >= 4 is 5.69 Å². The first kappa shape index (κ1) is 21.5. The average Bonchev–Trinajstić information content (AvgIpc) is 2.52. The molecule has 0 unspecified atom stereocenters. The van der Waals surface area contributed by atoms with Crippen molar-refractivity contribution in [2.24, 2.45) is 0 Å². The third-order valence-corrected chi connectivity index (χ3v) is 5.01. The second kappa shape index (κ2) is 7.31. The standard InChI is InChI=1S/C25H36NO/c1-23(2,3)19-15-20(24(4,5)6)22(21(16-19)25(7,8)9)26(27)17-18-13-11-10-12-14-18/h10-16H,17H2,1-9H3. The summed E-state index contributed by atoms with van der Waals surface area (Å²) in [4.78, 5) is 0. The van der Waals surface area contributed by atoms with E-state index in [0.29, 0.717) is 6.54 Å². The van der Waals surface area contributed by atoms with Gasteiger partial charge in [0.15, 0.2) is 0 Å². The van der Waals surface area contributed by atoms with Crippen LogP contribution in [0.3, 0.4) is 0 Å². The van der Waals surface area contributed by atoms with Crippen LogP contribution in [0.1, 0.15) is 84.6 Å². The summed E-state index contributed by atoms with van der Waals surface area (Å²) < 4.78 is 0. The van der Waals surface area contributed by atoms with E-state index in [1.54, 1.807) is 0 Å². The molecule has 0 aliphatic heterocycles. The SMILES string of the molecule is CC(C)(C)c1cc(C(C)(C)C)c(N([O])Cc2ccccc2)c(C(C)(C)C)c1.